The molecule has 1 aromatic rings. The summed E-state index contributed by atoms with van der Waals surface area (Å²) in [5.74, 6) is -0.616. The fraction of sp³-hybridized carbons (Fsp3) is 0.300. The molecule has 0 radical (unpaired) electrons. The summed E-state index contributed by atoms with van der Waals surface area (Å²) in [5.41, 5.74) is -0.444. The van der Waals surface area contributed by atoms with E-state index in [1.165, 1.54) is 19.1 Å². The summed E-state index contributed by atoms with van der Waals surface area (Å²) in [6.07, 6.45) is -0.717. The number of nitrogens with zero attached hydrogens (tertiary/aromatic N) is 1. The highest BCUT2D eigenvalue weighted by Crippen LogP contribution is 2.22. The number of aliphatic hydroxyl groups excluding tert-OH is 1. The van der Waals surface area contributed by atoms with Crippen molar-refractivity contribution in [1.29, 1.82) is 0 Å². The number of carbonyl (C=O) groups excluding carboxylic acids is 1. The predicted octanol–water partition coefficient (Wildman–Crippen LogP) is 1.36. The minimum atomic E-state index is -0.717. The van der Waals surface area contributed by atoms with Crippen LogP contribution in [0.2, 0.25) is 5.02 Å². The molecule has 0 aromatic heterocycles. The standard InChI is InChI=1S/C10H11ClN2O4/c1-6(14)5-12-10(15)8-3-2-7(11)4-9(8)13(16)17/h2-4,6,14H,5H2,1H3,(H,12,15)/t6-/m1/s1. The topological polar surface area (TPSA) is 92.5 Å². The predicted molar refractivity (Wildman–Crippen MR) is 62.1 cm³/mol. The summed E-state index contributed by atoms with van der Waals surface area (Å²) >= 11 is 5.62. The lowest BCUT2D eigenvalue weighted by Gasteiger charge is -2.07. The Hall–Kier alpha value is -1.66. The van der Waals surface area contributed by atoms with Crippen molar-refractivity contribution in [3.8, 4) is 0 Å². The van der Waals surface area contributed by atoms with Crippen LogP contribution in [0, 0.1) is 10.1 Å². The third-order valence-electron chi connectivity index (χ3n) is 1.96. The molecule has 1 aromatic carbocycles. The monoisotopic (exact) mass is 258 g/mol. The molecule has 0 aliphatic rings. The van der Waals surface area contributed by atoms with Crippen LogP contribution in [0.4, 0.5) is 5.69 Å². The molecule has 1 amide bonds. The van der Waals surface area contributed by atoms with Gasteiger partial charge in [-0.15, -0.1) is 0 Å². The Morgan fingerprint density at radius 1 is 1.65 bits per heavy atom. The number of hydrogen-bond donors (Lipinski definition) is 2. The lowest BCUT2D eigenvalue weighted by Crippen LogP contribution is -2.30. The fourth-order valence-electron chi connectivity index (χ4n) is 1.18. The van der Waals surface area contributed by atoms with Crippen LogP contribution in [-0.4, -0.2) is 28.6 Å². The van der Waals surface area contributed by atoms with Gasteiger partial charge in [0.25, 0.3) is 11.6 Å². The number of rotatable bonds is 4. The number of nitrogens with one attached hydrogen (secondary N) is 1. The van der Waals surface area contributed by atoms with Crippen LogP contribution < -0.4 is 5.32 Å². The third kappa shape index (κ3) is 3.69. The first-order valence-electron chi connectivity index (χ1n) is 4.82. The third-order valence-corrected chi connectivity index (χ3v) is 2.19. The highest BCUT2D eigenvalue weighted by molar-refractivity contribution is 6.31. The number of hydrogen-bond acceptors (Lipinski definition) is 4. The van der Waals surface area contributed by atoms with Crippen LogP contribution in [0.25, 0.3) is 0 Å². The highest BCUT2D eigenvalue weighted by atomic mass is 35.5. The van der Waals surface area contributed by atoms with Crippen LogP contribution >= 0.6 is 11.6 Å². The minimum absolute atomic E-state index is 0.0264. The normalized spacial score (nSPS) is 11.9. The molecule has 2 N–H and O–H groups in total. The van der Waals surface area contributed by atoms with Crippen LogP contribution in [0.1, 0.15) is 17.3 Å². The first kappa shape index (κ1) is 13.4. The Kier molecular flexibility index (Phi) is 4.42. The van der Waals surface area contributed by atoms with E-state index in [0.717, 1.165) is 6.07 Å². The van der Waals surface area contributed by atoms with Crippen molar-refractivity contribution in [1.82, 2.24) is 5.32 Å². The lowest BCUT2D eigenvalue weighted by atomic mass is 10.1. The largest absolute Gasteiger partial charge is 0.392 e. The zero-order valence-electron chi connectivity index (χ0n) is 9.01. The van der Waals surface area contributed by atoms with Crippen molar-refractivity contribution in [2.24, 2.45) is 0 Å². The summed E-state index contributed by atoms with van der Waals surface area (Å²) in [5, 5.41) is 22.3. The lowest BCUT2D eigenvalue weighted by molar-refractivity contribution is -0.385. The summed E-state index contributed by atoms with van der Waals surface area (Å²) in [6, 6.07) is 3.78. The average molecular weight is 259 g/mol. The van der Waals surface area contributed by atoms with Crippen LogP contribution in [0.5, 0.6) is 0 Å². The van der Waals surface area contributed by atoms with Crippen molar-refractivity contribution in [3.63, 3.8) is 0 Å². The molecular weight excluding hydrogens is 248 g/mol. The van der Waals surface area contributed by atoms with Gasteiger partial charge in [0.15, 0.2) is 0 Å². The number of nitro groups is 1. The van der Waals surface area contributed by atoms with E-state index >= 15 is 0 Å². The molecule has 0 saturated carbocycles. The molecular formula is C10H11ClN2O4. The second-order valence-corrected chi connectivity index (χ2v) is 3.91. The Bertz CT molecular complexity index is 448. The maximum atomic E-state index is 11.6. The van der Waals surface area contributed by atoms with Crippen molar-refractivity contribution >= 4 is 23.2 Å². The van der Waals surface area contributed by atoms with Gasteiger partial charge >= 0.3 is 0 Å². The molecule has 6 nitrogen and oxygen atoms in total. The second-order valence-electron chi connectivity index (χ2n) is 3.48. The Labute approximate surface area is 102 Å². The van der Waals surface area contributed by atoms with E-state index < -0.39 is 16.9 Å². The Morgan fingerprint density at radius 3 is 2.82 bits per heavy atom. The summed E-state index contributed by atoms with van der Waals surface area (Å²) in [7, 11) is 0. The van der Waals surface area contributed by atoms with E-state index in [2.05, 4.69) is 5.32 Å². The number of halogens is 1. The van der Waals surface area contributed by atoms with Gasteiger partial charge in [-0.2, -0.15) is 0 Å². The first-order chi connectivity index (χ1) is 7.91. The molecule has 0 heterocycles. The molecule has 17 heavy (non-hydrogen) atoms. The van der Waals surface area contributed by atoms with E-state index in [9.17, 15) is 14.9 Å². The van der Waals surface area contributed by atoms with Crippen LogP contribution in [-0.2, 0) is 0 Å². The molecule has 0 spiro atoms. The molecule has 1 atom stereocenters. The zero-order chi connectivity index (χ0) is 13.0. The summed E-state index contributed by atoms with van der Waals surface area (Å²) in [6.45, 7) is 1.52. The average Bonchev–Trinajstić information content (AvgIpc) is 2.25. The van der Waals surface area contributed by atoms with Crippen molar-refractivity contribution in [3.05, 3.63) is 38.9 Å². The molecule has 0 fully saturated rings. The SMILES string of the molecule is C[C@@H](O)CNC(=O)c1ccc(Cl)cc1[N+](=O)[O-]. The van der Waals surface area contributed by atoms with Crippen molar-refractivity contribution in [2.75, 3.05) is 6.54 Å². The number of aliphatic hydroxyl groups is 1. The molecule has 1 rings (SSSR count). The Morgan fingerprint density at radius 2 is 2.29 bits per heavy atom. The van der Waals surface area contributed by atoms with Crippen molar-refractivity contribution < 1.29 is 14.8 Å². The maximum absolute atomic E-state index is 11.6. The number of amides is 1. The molecule has 0 aliphatic carbocycles. The molecule has 92 valence electrons. The van der Waals surface area contributed by atoms with Gasteiger partial charge < -0.3 is 10.4 Å². The van der Waals surface area contributed by atoms with E-state index in [1.807, 2.05) is 0 Å². The summed E-state index contributed by atoms with van der Waals surface area (Å²) in [4.78, 5) is 21.7. The highest BCUT2D eigenvalue weighted by Gasteiger charge is 2.20. The number of carbonyl (C=O) groups is 1. The smallest absolute Gasteiger partial charge is 0.283 e. The molecule has 0 bridgehead atoms. The van der Waals surface area contributed by atoms with Gasteiger partial charge in [-0.05, 0) is 19.1 Å². The van der Waals surface area contributed by atoms with Gasteiger partial charge in [-0.3, -0.25) is 14.9 Å². The Balaban J connectivity index is 2.96. The molecule has 7 heteroatoms. The van der Waals surface area contributed by atoms with E-state index in [4.69, 9.17) is 16.7 Å². The summed E-state index contributed by atoms with van der Waals surface area (Å²) < 4.78 is 0. The maximum Gasteiger partial charge on any atom is 0.283 e. The van der Waals surface area contributed by atoms with Gasteiger partial charge in [0.2, 0.25) is 0 Å². The van der Waals surface area contributed by atoms with E-state index in [0.29, 0.717) is 0 Å². The van der Waals surface area contributed by atoms with Gasteiger partial charge in [-0.1, -0.05) is 11.6 Å². The van der Waals surface area contributed by atoms with E-state index in [1.54, 1.807) is 0 Å². The molecule has 0 aliphatic heterocycles. The molecule has 0 unspecified atom stereocenters. The number of nitro benzene ring substituents is 1. The minimum Gasteiger partial charge on any atom is -0.392 e. The fourth-order valence-corrected chi connectivity index (χ4v) is 1.35. The number of benzene rings is 1. The zero-order valence-corrected chi connectivity index (χ0v) is 9.77. The van der Waals surface area contributed by atoms with Gasteiger partial charge in [0, 0.05) is 17.6 Å². The van der Waals surface area contributed by atoms with Gasteiger partial charge in [-0.25, -0.2) is 0 Å². The van der Waals surface area contributed by atoms with Gasteiger partial charge in [0.05, 0.1) is 11.0 Å². The quantitative estimate of drug-likeness (QED) is 0.630. The molecule has 0 saturated heterocycles. The van der Waals surface area contributed by atoms with Gasteiger partial charge in [0.1, 0.15) is 5.56 Å². The van der Waals surface area contributed by atoms with Crippen molar-refractivity contribution in [2.45, 2.75) is 13.0 Å². The first-order valence-corrected chi connectivity index (χ1v) is 5.20. The second kappa shape index (κ2) is 5.60. The van der Waals surface area contributed by atoms with E-state index in [-0.39, 0.29) is 22.8 Å². The van der Waals surface area contributed by atoms with Crippen LogP contribution in [0.15, 0.2) is 18.2 Å². The van der Waals surface area contributed by atoms with Crippen LogP contribution in [0.3, 0.4) is 0 Å².